The van der Waals surface area contributed by atoms with Crippen molar-refractivity contribution in [3.63, 3.8) is 0 Å². The predicted molar refractivity (Wildman–Crippen MR) is 76.4 cm³/mol. The summed E-state index contributed by atoms with van der Waals surface area (Å²) in [4.78, 5) is 0. The Hall–Kier alpha value is -2.02. The molecule has 0 spiro atoms. The number of hydrogen-bond donors (Lipinski definition) is 1. The van der Waals surface area contributed by atoms with Gasteiger partial charge in [-0.15, -0.1) is 13.2 Å². The molecule has 0 unspecified atom stereocenters. The highest BCUT2D eigenvalue weighted by Gasteiger charge is 2.31. The van der Waals surface area contributed by atoms with Gasteiger partial charge in [0.2, 0.25) is 0 Å². The Kier molecular flexibility index (Phi) is 4.75. The molecule has 4 nitrogen and oxygen atoms in total. The molecule has 1 aromatic heterocycles. The number of aromatic nitrogens is 2. The van der Waals surface area contributed by atoms with E-state index in [2.05, 4.69) is 15.2 Å². The van der Waals surface area contributed by atoms with E-state index in [0.29, 0.717) is 12.1 Å². The number of alkyl halides is 3. The number of para-hydroxylation sites is 1. The van der Waals surface area contributed by atoms with E-state index in [1.54, 1.807) is 16.8 Å². The molecule has 120 valence electrons. The van der Waals surface area contributed by atoms with E-state index in [1.165, 1.54) is 12.1 Å². The minimum absolute atomic E-state index is 0.179. The van der Waals surface area contributed by atoms with Gasteiger partial charge in [0, 0.05) is 37.0 Å². The van der Waals surface area contributed by atoms with Gasteiger partial charge in [-0.1, -0.05) is 18.2 Å². The first kappa shape index (κ1) is 16.4. The Labute approximate surface area is 126 Å². The zero-order valence-corrected chi connectivity index (χ0v) is 12.7. The van der Waals surface area contributed by atoms with Crippen LogP contribution in [0.3, 0.4) is 0 Å². The molecule has 0 saturated heterocycles. The predicted octanol–water partition coefficient (Wildman–Crippen LogP) is 3.23. The van der Waals surface area contributed by atoms with Crippen LogP contribution in [0.5, 0.6) is 5.75 Å². The van der Waals surface area contributed by atoms with Crippen molar-refractivity contribution in [2.45, 2.75) is 33.3 Å². The highest BCUT2D eigenvalue weighted by molar-refractivity contribution is 5.33. The molecule has 22 heavy (non-hydrogen) atoms. The summed E-state index contributed by atoms with van der Waals surface area (Å²) >= 11 is 0. The van der Waals surface area contributed by atoms with Crippen LogP contribution in [0.1, 0.15) is 22.5 Å². The summed E-state index contributed by atoms with van der Waals surface area (Å²) < 4.78 is 42.9. The normalized spacial score (nSPS) is 11.7. The molecule has 0 radical (unpaired) electrons. The SMILES string of the molecule is Cc1nn(C)c(C)c1CNCc1ccccc1OC(F)(F)F. The Balaban J connectivity index is 2.03. The lowest BCUT2D eigenvalue weighted by atomic mass is 10.1. The molecule has 0 atom stereocenters. The first-order valence-electron chi connectivity index (χ1n) is 6.81. The van der Waals surface area contributed by atoms with E-state index in [9.17, 15) is 13.2 Å². The van der Waals surface area contributed by atoms with Gasteiger partial charge in [-0.3, -0.25) is 4.68 Å². The van der Waals surface area contributed by atoms with Crippen molar-refractivity contribution >= 4 is 0 Å². The maximum atomic E-state index is 12.4. The Morgan fingerprint density at radius 3 is 2.45 bits per heavy atom. The molecule has 1 heterocycles. The molecule has 0 amide bonds. The number of nitrogens with zero attached hydrogens (tertiary/aromatic N) is 2. The van der Waals surface area contributed by atoms with Crippen molar-refractivity contribution < 1.29 is 17.9 Å². The summed E-state index contributed by atoms with van der Waals surface area (Å²) in [6.45, 7) is 4.67. The Bertz CT molecular complexity index is 650. The molecular weight excluding hydrogens is 295 g/mol. The second-order valence-electron chi connectivity index (χ2n) is 5.03. The molecule has 2 rings (SSSR count). The largest absolute Gasteiger partial charge is 0.573 e. The lowest BCUT2D eigenvalue weighted by Crippen LogP contribution is -2.20. The van der Waals surface area contributed by atoms with Gasteiger partial charge in [0.1, 0.15) is 5.75 Å². The molecule has 0 aliphatic carbocycles. The van der Waals surface area contributed by atoms with Crippen molar-refractivity contribution in [1.82, 2.24) is 15.1 Å². The number of rotatable bonds is 5. The lowest BCUT2D eigenvalue weighted by Gasteiger charge is -2.13. The van der Waals surface area contributed by atoms with Crippen LogP contribution in [0.15, 0.2) is 24.3 Å². The minimum Gasteiger partial charge on any atom is -0.405 e. The van der Waals surface area contributed by atoms with Gasteiger partial charge in [0.15, 0.2) is 0 Å². The van der Waals surface area contributed by atoms with Crippen LogP contribution >= 0.6 is 0 Å². The van der Waals surface area contributed by atoms with Gasteiger partial charge >= 0.3 is 6.36 Å². The van der Waals surface area contributed by atoms with Crippen LogP contribution in [0.25, 0.3) is 0 Å². The molecule has 0 aliphatic rings. The van der Waals surface area contributed by atoms with Crippen molar-refractivity contribution in [2.75, 3.05) is 0 Å². The fraction of sp³-hybridized carbons (Fsp3) is 0.400. The highest BCUT2D eigenvalue weighted by atomic mass is 19.4. The summed E-state index contributed by atoms with van der Waals surface area (Å²) in [5, 5.41) is 7.44. The maximum absolute atomic E-state index is 12.4. The van der Waals surface area contributed by atoms with Gasteiger partial charge in [-0.2, -0.15) is 5.10 Å². The molecular formula is C15H18F3N3O. The molecule has 2 aromatic rings. The van der Waals surface area contributed by atoms with Gasteiger partial charge < -0.3 is 10.1 Å². The monoisotopic (exact) mass is 313 g/mol. The number of hydrogen-bond acceptors (Lipinski definition) is 3. The molecule has 0 bridgehead atoms. The van der Waals surface area contributed by atoms with Gasteiger partial charge in [-0.25, -0.2) is 0 Å². The van der Waals surface area contributed by atoms with Crippen LogP contribution in [-0.4, -0.2) is 16.1 Å². The zero-order valence-electron chi connectivity index (χ0n) is 12.7. The second-order valence-corrected chi connectivity index (χ2v) is 5.03. The van der Waals surface area contributed by atoms with Gasteiger partial charge in [0.05, 0.1) is 5.69 Å². The fourth-order valence-corrected chi connectivity index (χ4v) is 2.27. The van der Waals surface area contributed by atoms with Gasteiger partial charge in [-0.05, 0) is 19.9 Å². The number of aryl methyl sites for hydroxylation is 2. The van der Waals surface area contributed by atoms with E-state index < -0.39 is 6.36 Å². The molecule has 1 aromatic carbocycles. The van der Waals surface area contributed by atoms with Crippen LogP contribution in [0.4, 0.5) is 13.2 Å². The van der Waals surface area contributed by atoms with Crippen molar-refractivity contribution in [2.24, 2.45) is 7.05 Å². The van der Waals surface area contributed by atoms with E-state index >= 15 is 0 Å². The summed E-state index contributed by atoms with van der Waals surface area (Å²) in [7, 11) is 1.86. The smallest absolute Gasteiger partial charge is 0.405 e. The van der Waals surface area contributed by atoms with E-state index in [0.717, 1.165) is 17.0 Å². The van der Waals surface area contributed by atoms with E-state index in [1.807, 2.05) is 20.9 Å². The first-order valence-corrected chi connectivity index (χ1v) is 6.81. The molecule has 0 aliphatic heterocycles. The second kappa shape index (κ2) is 6.39. The number of ether oxygens (including phenoxy) is 1. The van der Waals surface area contributed by atoms with Crippen molar-refractivity contribution in [3.8, 4) is 5.75 Å². The topological polar surface area (TPSA) is 39.1 Å². The average Bonchev–Trinajstić information content (AvgIpc) is 2.65. The van der Waals surface area contributed by atoms with Crippen LogP contribution in [0.2, 0.25) is 0 Å². The fourth-order valence-electron chi connectivity index (χ4n) is 2.27. The quantitative estimate of drug-likeness (QED) is 0.921. The lowest BCUT2D eigenvalue weighted by molar-refractivity contribution is -0.274. The van der Waals surface area contributed by atoms with Crippen molar-refractivity contribution in [3.05, 3.63) is 46.8 Å². The number of nitrogens with one attached hydrogen (secondary N) is 1. The Morgan fingerprint density at radius 1 is 1.18 bits per heavy atom. The summed E-state index contributed by atoms with van der Waals surface area (Å²) in [6, 6.07) is 6.11. The third-order valence-electron chi connectivity index (χ3n) is 3.47. The third kappa shape index (κ3) is 4.00. The number of benzene rings is 1. The standard InChI is InChI=1S/C15H18F3N3O/c1-10-13(11(2)21(3)20-10)9-19-8-12-6-4-5-7-14(12)22-15(16,17)18/h4-7,19H,8-9H2,1-3H3. The third-order valence-corrected chi connectivity index (χ3v) is 3.47. The first-order chi connectivity index (χ1) is 10.3. The molecule has 0 fully saturated rings. The number of halogens is 3. The summed E-state index contributed by atoms with van der Waals surface area (Å²) in [5.41, 5.74) is 3.45. The zero-order chi connectivity index (χ0) is 16.3. The average molecular weight is 313 g/mol. The van der Waals surface area contributed by atoms with E-state index in [-0.39, 0.29) is 12.3 Å². The van der Waals surface area contributed by atoms with Crippen molar-refractivity contribution in [1.29, 1.82) is 0 Å². The van der Waals surface area contributed by atoms with Crippen LogP contribution in [0, 0.1) is 13.8 Å². The Morgan fingerprint density at radius 2 is 1.86 bits per heavy atom. The minimum atomic E-state index is -4.69. The van der Waals surface area contributed by atoms with Gasteiger partial charge in [0.25, 0.3) is 0 Å². The van der Waals surface area contributed by atoms with Crippen LogP contribution < -0.4 is 10.1 Å². The van der Waals surface area contributed by atoms with E-state index in [4.69, 9.17) is 0 Å². The summed E-state index contributed by atoms with van der Waals surface area (Å²) in [5.74, 6) is -0.179. The van der Waals surface area contributed by atoms with Crippen LogP contribution in [-0.2, 0) is 20.1 Å². The molecule has 1 N–H and O–H groups in total. The summed E-state index contributed by atoms with van der Waals surface area (Å²) in [6.07, 6.45) is -4.69. The molecule has 0 saturated carbocycles. The molecule has 7 heteroatoms. The maximum Gasteiger partial charge on any atom is 0.573 e. The highest BCUT2D eigenvalue weighted by Crippen LogP contribution is 2.26.